The van der Waals surface area contributed by atoms with E-state index in [4.69, 9.17) is 12.2 Å². The van der Waals surface area contributed by atoms with Gasteiger partial charge in [0.25, 0.3) is 0 Å². The van der Waals surface area contributed by atoms with E-state index in [0.717, 1.165) is 12.2 Å². The molecular weight excluding hydrogens is 263 g/mol. The highest BCUT2D eigenvalue weighted by atomic mass is 32.1. The predicted molar refractivity (Wildman–Crippen MR) is 78.8 cm³/mol. The number of allylic oxidation sites excluding steroid dienone is 1. The number of nitrogens with one attached hydrogen (secondary N) is 3. The number of hydrazine groups is 1. The summed E-state index contributed by atoms with van der Waals surface area (Å²) in [6.45, 7) is 4.96. The molecule has 2 unspecified atom stereocenters. The summed E-state index contributed by atoms with van der Waals surface area (Å²) in [4.78, 5) is 0. The summed E-state index contributed by atoms with van der Waals surface area (Å²) in [5.74, 6) is -0.263. The molecule has 0 spiro atoms. The van der Waals surface area contributed by atoms with Gasteiger partial charge in [-0.25, -0.2) is 14.8 Å². The molecule has 4 nitrogen and oxygen atoms in total. The third kappa shape index (κ3) is 4.59. The number of nitrogens with zero attached hydrogens (tertiary/aromatic N) is 1. The summed E-state index contributed by atoms with van der Waals surface area (Å²) in [6, 6.07) is 6.07. The summed E-state index contributed by atoms with van der Waals surface area (Å²) >= 11 is 5.18. The molecule has 1 heterocycles. The maximum Gasteiger partial charge on any atom is 0.173 e. The number of hydrogen-bond donors (Lipinski definition) is 3. The Labute approximate surface area is 117 Å². The van der Waals surface area contributed by atoms with Crippen LogP contribution in [0.2, 0.25) is 0 Å². The molecule has 102 valence electrons. The molecule has 0 aliphatic carbocycles. The van der Waals surface area contributed by atoms with Gasteiger partial charge in [0.05, 0.1) is 0 Å². The smallest absolute Gasteiger partial charge is 0.173 e. The van der Waals surface area contributed by atoms with Crippen molar-refractivity contribution in [2.75, 3.05) is 11.9 Å². The Morgan fingerprint density at radius 1 is 1.42 bits per heavy atom. The molecule has 0 bridgehead atoms. The molecular formula is C13H17FN4S. The van der Waals surface area contributed by atoms with E-state index in [1.807, 2.05) is 5.01 Å². The van der Waals surface area contributed by atoms with E-state index in [1.165, 1.54) is 17.7 Å². The molecule has 0 radical (unpaired) electrons. The van der Waals surface area contributed by atoms with Crippen LogP contribution in [0.5, 0.6) is 0 Å². The lowest BCUT2D eigenvalue weighted by Gasteiger charge is -2.08. The lowest BCUT2D eigenvalue weighted by molar-refractivity contribution is 0.523. The molecule has 1 aromatic rings. The zero-order valence-corrected chi connectivity index (χ0v) is 11.7. The summed E-state index contributed by atoms with van der Waals surface area (Å²) < 4.78 is 12.7. The van der Waals surface area contributed by atoms with Gasteiger partial charge in [-0.2, -0.15) is 0 Å². The summed E-state index contributed by atoms with van der Waals surface area (Å²) in [6.07, 6.45) is 2.18. The number of rotatable bonds is 4. The van der Waals surface area contributed by atoms with E-state index >= 15 is 0 Å². The minimum Gasteiger partial charge on any atom is -0.333 e. The summed E-state index contributed by atoms with van der Waals surface area (Å²) in [5.41, 5.74) is 5.18. The molecule has 3 N–H and O–H groups in total. The van der Waals surface area contributed by atoms with E-state index in [1.54, 1.807) is 12.1 Å². The molecule has 6 heteroatoms. The van der Waals surface area contributed by atoms with Crippen molar-refractivity contribution >= 4 is 23.0 Å². The van der Waals surface area contributed by atoms with Crippen LogP contribution in [-0.2, 0) is 0 Å². The fourth-order valence-corrected chi connectivity index (χ4v) is 1.73. The SMILES string of the molecule is CC(C)=CCN1NC1NC(=S)Nc1ccc(F)cc1. The third-order valence-electron chi connectivity index (χ3n) is 2.60. The van der Waals surface area contributed by atoms with Crippen LogP contribution in [0.15, 0.2) is 35.9 Å². The maximum absolute atomic E-state index is 12.7. The van der Waals surface area contributed by atoms with Crippen molar-refractivity contribution in [3.63, 3.8) is 0 Å². The minimum absolute atomic E-state index is 0.0519. The van der Waals surface area contributed by atoms with Crippen LogP contribution in [0, 0.1) is 5.82 Å². The average molecular weight is 280 g/mol. The van der Waals surface area contributed by atoms with Gasteiger partial charge < -0.3 is 10.6 Å². The molecule has 0 amide bonds. The Morgan fingerprint density at radius 3 is 2.74 bits per heavy atom. The fraction of sp³-hybridized carbons (Fsp3) is 0.308. The standard InChI is InChI=1S/C13H17FN4S/c1-9(2)7-8-18-12(17-18)16-13(19)15-11-5-3-10(14)4-6-11/h3-7,12,17H,8H2,1-2H3,(H2,15,16,19). The second-order valence-electron chi connectivity index (χ2n) is 4.57. The second kappa shape index (κ2) is 6.10. The molecule has 19 heavy (non-hydrogen) atoms. The van der Waals surface area contributed by atoms with Gasteiger partial charge in [0.1, 0.15) is 5.82 Å². The van der Waals surface area contributed by atoms with Gasteiger partial charge >= 0.3 is 0 Å². The molecule has 1 saturated heterocycles. The van der Waals surface area contributed by atoms with Gasteiger partial charge in [-0.05, 0) is 50.3 Å². The van der Waals surface area contributed by atoms with Gasteiger partial charge in [-0.3, -0.25) is 0 Å². The van der Waals surface area contributed by atoms with Gasteiger partial charge in [0.15, 0.2) is 11.4 Å². The number of hydrogen-bond acceptors (Lipinski definition) is 3. The van der Waals surface area contributed by atoms with Crippen molar-refractivity contribution in [3.8, 4) is 0 Å². The Balaban J connectivity index is 1.74. The van der Waals surface area contributed by atoms with E-state index in [-0.39, 0.29) is 12.1 Å². The van der Waals surface area contributed by atoms with Crippen LogP contribution < -0.4 is 16.1 Å². The maximum atomic E-state index is 12.7. The fourth-order valence-electron chi connectivity index (χ4n) is 1.50. The Morgan fingerprint density at radius 2 is 2.11 bits per heavy atom. The monoisotopic (exact) mass is 280 g/mol. The van der Waals surface area contributed by atoms with Gasteiger partial charge in [-0.15, -0.1) is 0 Å². The second-order valence-corrected chi connectivity index (χ2v) is 4.98. The Bertz CT molecular complexity index is 482. The van der Waals surface area contributed by atoms with Crippen LogP contribution in [0.1, 0.15) is 13.8 Å². The van der Waals surface area contributed by atoms with Crippen LogP contribution >= 0.6 is 12.2 Å². The van der Waals surface area contributed by atoms with Gasteiger partial charge in [0, 0.05) is 12.2 Å². The van der Waals surface area contributed by atoms with Crippen molar-refractivity contribution < 1.29 is 4.39 Å². The lowest BCUT2D eigenvalue weighted by atomic mass is 10.3. The van der Waals surface area contributed by atoms with E-state index < -0.39 is 0 Å². The average Bonchev–Trinajstić information content (AvgIpc) is 3.08. The van der Waals surface area contributed by atoms with E-state index in [9.17, 15) is 4.39 Å². The molecule has 1 aliphatic heterocycles. The number of thiocarbonyl (C=S) groups is 1. The lowest BCUT2D eigenvalue weighted by Crippen LogP contribution is -2.33. The van der Waals surface area contributed by atoms with Crippen LogP contribution in [-0.4, -0.2) is 23.0 Å². The van der Waals surface area contributed by atoms with Crippen LogP contribution in [0.3, 0.4) is 0 Å². The van der Waals surface area contributed by atoms with Gasteiger partial charge in [0.2, 0.25) is 0 Å². The molecule has 1 aliphatic rings. The number of halogens is 1. The van der Waals surface area contributed by atoms with Crippen molar-refractivity contribution in [2.45, 2.75) is 20.1 Å². The van der Waals surface area contributed by atoms with Crippen molar-refractivity contribution in [2.24, 2.45) is 0 Å². The van der Waals surface area contributed by atoms with E-state index in [0.29, 0.717) is 5.11 Å². The molecule has 2 atom stereocenters. The zero-order chi connectivity index (χ0) is 13.8. The normalized spacial score (nSPS) is 20.6. The van der Waals surface area contributed by atoms with Crippen molar-refractivity contribution in [3.05, 3.63) is 41.7 Å². The molecule has 1 fully saturated rings. The quantitative estimate of drug-likeness (QED) is 0.448. The first-order valence-corrected chi connectivity index (χ1v) is 6.45. The van der Waals surface area contributed by atoms with Crippen LogP contribution in [0.4, 0.5) is 10.1 Å². The highest BCUT2D eigenvalue weighted by molar-refractivity contribution is 7.80. The zero-order valence-electron chi connectivity index (χ0n) is 10.9. The largest absolute Gasteiger partial charge is 0.333 e. The third-order valence-corrected chi connectivity index (χ3v) is 2.82. The summed E-state index contributed by atoms with van der Waals surface area (Å²) in [5, 5.41) is 8.62. The highest BCUT2D eigenvalue weighted by Crippen LogP contribution is 2.10. The number of benzene rings is 1. The van der Waals surface area contributed by atoms with Crippen LogP contribution in [0.25, 0.3) is 0 Å². The number of anilines is 1. The van der Waals surface area contributed by atoms with Gasteiger partial charge in [-0.1, -0.05) is 11.6 Å². The van der Waals surface area contributed by atoms with Crippen molar-refractivity contribution in [1.82, 2.24) is 15.8 Å². The molecule has 0 saturated carbocycles. The highest BCUT2D eigenvalue weighted by Gasteiger charge is 2.32. The Hall–Kier alpha value is -1.50. The first-order valence-electron chi connectivity index (χ1n) is 6.04. The topological polar surface area (TPSA) is 49.0 Å². The van der Waals surface area contributed by atoms with Crippen molar-refractivity contribution in [1.29, 1.82) is 0 Å². The molecule has 0 aromatic heterocycles. The first-order chi connectivity index (χ1) is 9.04. The Kier molecular flexibility index (Phi) is 4.47. The summed E-state index contributed by atoms with van der Waals surface area (Å²) in [7, 11) is 0. The van der Waals surface area contributed by atoms with E-state index in [2.05, 4.69) is 36.0 Å². The minimum atomic E-state index is -0.263. The first kappa shape index (κ1) is 13.9. The molecule has 2 rings (SSSR count). The predicted octanol–water partition coefficient (Wildman–Crippen LogP) is 2.18. The molecule has 1 aromatic carbocycles.